The summed E-state index contributed by atoms with van der Waals surface area (Å²) in [6.07, 6.45) is 2.39. The minimum absolute atomic E-state index is 0.0316. The summed E-state index contributed by atoms with van der Waals surface area (Å²) in [5.41, 5.74) is 0. The summed E-state index contributed by atoms with van der Waals surface area (Å²) in [7, 11) is 0. The van der Waals surface area contributed by atoms with Crippen LogP contribution in [-0.2, 0) is 23.9 Å². The van der Waals surface area contributed by atoms with Gasteiger partial charge in [0, 0.05) is 6.42 Å². The van der Waals surface area contributed by atoms with E-state index >= 15 is 0 Å². The Labute approximate surface area is 151 Å². The summed E-state index contributed by atoms with van der Waals surface area (Å²) in [5.74, 6) is -2.54. The largest absolute Gasteiger partial charge is 0.513 e. The van der Waals surface area contributed by atoms with Crippen molar-refractivity contribution in [2.24, 2.45) is 0 Å². The zero-order valence-electron chi connectivity index (χ0n) is 14.5. The summed E-state index contributed by atoms with van der Waals surface area (Å²) in [6.45, 7) is 3.36. The molecule has 2 heterocycles. The molecule has 0 amide bonds. The molecule has 26 heavy (non-hydrogen) atoms. The molecule has 0 saturated carbocycles. The first-order valence-corrected chi connectivity index (χ1v) is 8.48. The highest BCUT2D eigenvalue weighted by molar-refractivity contribution is 5.68. The molecule has 0 bridgehead atoms. The van der Waals surface area contributed by atoms with Gasteiger partial charge < -0.3 is 29.9 Å². The van der Waals surface area contributed by atoms with Gasteiger partial charge in [-0.2, -0.15) is 0 Å². The lowest BCUT2D eigenvalue weighted by molar-refractivity contribution is -0.142. The van der Waals surface area contributed by atoms with Crippen LogP contribution >= 0.6 is 0 Å². The third kappa shape index (κ3) is 9.38. The van der Waals surface area contributed by atoms with Crippen molar-refractivity contribution in [2.75, 3.05) is 0 Å². The quantitative estimate of drug-likeness (QED) is 0.467. The number of aliphatic carboxylic acids is 3. The monoisotopic (exact) mass is 374 g/mol. The Morgan fingerprint density at radius 3 is 1.15 bits per heavy atom. The van der Waals surface area contributed by atoms with Crippen molar-refractivity contribution in [2.45, 2.75) is 75.8 Å². The zero-order valence-corrected chi connectivity index (χ0v) is 14.5. The molecule has 0 unspecified atom stereocenters. The Morgan fingerprint density at radius 2 is 0.923 bits per heavy atom. The van der Waals surface area contributed by atoms with Gasteiger partial charge in [-0.15, -0.1) is 0 Å². The van der Waals surface area contributed by atoms with Gasteiger partial charge in [-0.1, -0.05) is 6.58 Å². The number of rotatable bonds is 8. The minimum Gasteiger partial charge on any atom is -0.513 e. The van der Waals surface area contributed by atoms with Crippen LogP contribution in [0.5, 0.6) is 0 Å². The molecule has 2 rings (SSSR count). The van der Waals surface area contributed by atoms with Crippen molar-refractivity contribution in [3.63, 3.8) is 0 Å². The highest BCUT2D eigenvalue weighted by Crippen LogP contribution is 2.25. The first-order valence-electron chi connectivity index (χ1n) is 8.48. The molecule has 0 radical (unpaired) electrons. The number of ether oxygens (including phenoxy) is 2. The molecule has 2 saturated heterocycles. The maximum Gasteiger partial charge on any atom is 0.305 e. The lowest BCUT2D eigenvalue weighted by atomic mass is 10.1. The van der Waals surface area contributed by atoms with Crippen LogP contribution in [0.3, 0.4) is 0 Å². The van der Waals surface area contributed by atoms with Gasteiger partial charge in [0.15, 0.2) is 0 Å². The molecule has 9 heteroatoms. The van der Waals surface area contributed by atoms with E-state index in [0.717, 1.165) is 12.8 Å². The van der Waals surface area contributed by atoms with Crippen LogP contribution in [-0.4, -0.2) is 62.7 Å². The predicted molar refractivity (Wildman–Crippen MR) is 88.9 cm³/mol. The molecule has 0 aliphatic carbocycles. The van der Waals surface area contributed by atoms with Gasteiger partial charge >= 0.3 is 17.9 Å². The van der Waals surface area contributed by atoms with E-state index in [4.69, 9.17) is 29.9 Å². The zero-order chi connectivity index (χ0) is 19.7. The lowest BCUT2D eigenvalue weighted by Crippen LogP contribution is -2.17. The smallest absolute Gasteiger partial charge is 0.305 e. The summed E-state index contributed by atoms with van der Waals surface area (Å²) in [4.78, 5) is 30.9. The molecule has 2 fully saturated rings. The summed E-state index contributed by atoms with van der Waals surface area (Å²) in [6, 6.07) is 0. The van der Waals surface area contributed by atoms with E-state index in [0.29, 0.717) is 19.3 Å². The molecule has 148 valence electrons. The van der Waals surface area contributed by atoms with E-state index in [2.05, 4.69) is 6.58 Å². The standard InChI is InChI=1S/C9H14O4.C8H12O5/c1-6(10)4-7-2-3-8(13-7)5-9(11)12;9-7(10)3-5-1-2-6(13-5)4-8(11)12/h7-8,10H,1-5H2,(H,11,12);5-6H,1-4H2,(H,9,10)(H,11,12)/t7-,8-;5-,6+/m0./s1. The van der Waals surface area contributed by atoms with Crippen molar-refractivity contribution in [3.05, 3.63) is 12.3 Å². The average Bonchev–Trinajstić information content (AvgIpc) is 3.07. The molecular weight excluding hydrogens is 348 g/mol. The normalized spacial score (nSPS) is 27.4. The Balaban J connectivity index is 0.000000260. The molecule has 0 aromatic heterocycles. The van der Waals surface area contributed by atoms with Gasteiger partial charge in [-0.3, -0.25) is 14.4 Å². The number of aliphatic hydroxyl groups is 1. The van der Waals surface area contributed by atoms with Gasteiger partial charge in [0.25, 0.3) is 0 Å². The predicted octanol–water partition coefficient (Wildman–Crippen LogP) is 1.95. The first kappa shape index (κ1) is 21.9. The van der Waals surface area contributed by atoms with Crippen molar-refractivity contribution >= 4 is 17.9 Å². The fourth-order valence-electron chi connectivity index (χ4n) is 3.01. The molecular formula is C17H26O9. The molecule has 2 aliphatic rings. The number of aliphatic hydroxyl groups excluding tert-OH is 1. The maximum atomic E-state index is 10.3. The summed E-state index contributed by atoms with van der Waals surface area (Å²) < 4.78 is 10.6. The molecule has 4 N–H and O–H groups in total. The first-order chi connectivity index (χ1) is 12.2. The van der Waals surface area contributed by atoms with Crippen LogP contribution in [0, 0.1) is 0 Å². The highest BCUT2D eigenvalue weighted by Gasteiger charge is 2.28. The van der Waals surface area contributed by atoms with E-state index in [1.54, 1.807) is 0 Å². The van der Waals surface area contributed by atoms with Gasteiger partial charge in [0.05, 0.1) is 49.4 Å². The Bertz CT molecular complexity index is 426. The fourth-order valence-corrected chi connectivity index (χ4v) is 3.01. The number of hydrogen-bond donors (Lipinski definition) is 4. The van der Waals surface area contributed by atoms with Crippen LogP contribution < -0.4 is 0 Å². The van der Waals surface area contributed by atoms with E-state index in [-0.39, 0.29) is 49.4 Å². The Hall–Kier alpha value is -2.13. The number of carboxylic acid groups (broad SMARTS) is 3. The molecule has 0 aromatic carbocycles. The van der Waals surface area contributed by atoms with Crippen molar-refractivity contribution < 1.29 is 44.3 Å². The van der Waals surface area contributed by atoms with Crippen LogP contribution in [0.1, 0.15) is 51.4 Å². The third-order valence-electron chi connectivity index (χ3n) is 4.06. The van der Waals surface area contributed by atoms with Gasteiger partial charge in [-0.25, -0.2) is 0 Å². The van der Waals surface area contributed by atoms with Crippen LogP contribution in [0.15, 0.2) is 12.3 Å². The number of carbonyl (C=O) groups is 3. The van der Waals surface area contributed by atoms with E-state index < -0.39 is 17.9 Å². The highest BCUT2D eigenvalue weighted by atomic mass is 16.5. The Morgan fingerprint density at radius 1 is 0.654 bits per heavy atom. The van der Waals surface area contributed by atoms with Gasteiger partial charge in [0.2, 0.25) is 0 Å². The molecule has 9 nitrogen and oxygen atoms in total. The van der Waals surface area contributed by atoms with Gasteiger partial charge in [0.1, 0.15) is 0 Å². The summed E-state index contributed by atoms with van der Waals surface area (Å²) in [5, 5.41) is 34.3. The van der Waals surface area contributed by atoms with Crippen molar-refractivity contribution in [3.8, 4) is 0 Å². The topological polar surface area (TPSA) is 151 Å². The second-order valence-electron chi connectivity index (χ2n) is 6.48. The Kier molecular flexibility index (Phi) is 9.08. The van der Waals surface area contributed by atoms with Crippen molar-refractivity contribution in [1.29, 1.82) is 0 Å². The second kappa shape index (κ2) is 10.8. The minimum atomic E-state index is -0.902. The van der Waals surface area contributed by atoms with Gasteiger partial charge in [-0.05, 0) is 25.7 Å². The number of hydrogen-bond acceptors (Lipinski definition) is 6. The van der Waals surface area contributed by atoms with E-state index in [9.17, 15) is 14.4 Å². The second-order valence-corrected chi connectivity index (χ2v) is 6.48. The average molecular weight is 374 g/mol. The summed E-state index contributed by atoms with van der Waals surface area (Å²) >= 11 is 0. The van der Waals surface area contributed by atoms with E-state index in [1.165, 1.54) is 0 Å². The van der Waals surface area contributed by atoms with E-state index in [1.807, 2.05) is 0 Å². The lowest BCUT2D eigenvalue weighted by Gasteiger charge is -2.10. The number of carboxylic acids is 3. The van der Waals surface area contributed by atoms with Crippen LogP contribution in [0.4, 0.5) is 0 Å². The third-order valence-corrected chi connectivity index (χ3v) is 4.06. The van der Waals surface area contributed by atoms with Crippen molar-refractivity contribution in [1.82, 2.24) is 0 Å². The molecule has 4 atom stereocenters. The molecule has 0 aromatic rings. The fraction of sp³-hybridized carbons (Fsp3) is 0.706. The molecule has 0 spiro atoms. The van der Waals surface area contributed by atoms with Crippen LogP contribution in [0.2, 0.25) is 0 Å². The molecule has 2 aliphatic heterocycles. The maximum absolute atomic E-state index is 10.3. The van der Waals surface area contributed by atoms with Crippen LogP contribution in [0.25, 0.3) is 0 Å². The SMILES string of the molecule is C=C(O)C[C@@H]1CC[C@@H](CC(=O)O)O1.O=C(O)C[C@H]1CC[C@@H](CC(=O)O)O1.